The van der Waals surface area contributed by atoms with Crippen LogP contribution in [0.15, 0.2) is 12.3 Å². The summed E-state index contributed by atoms with van der Waals surface area (Å²) < 4.78 is 42.9. The van der Waals surface area contributed by atoms with Crippen molar-refractivity contribution in [3.05, 3.63) is 34.9 Å². The zero-order valence-corrected chi connectivity index (χ0v) is 15.7. The summed E-state index contributed by atoms with van der Waals surface area (Å²) in [5.74, 6) is -0.320. The first-order chi connectivity index (χ1) is 12.7. The number of aromatic nitrogens is 4. The van der Waals surface area contributed by atoms with Gasteiger partial charge in [-0.05, 0) is 45.6 Å². The molecule has 0 saturated heterocycles. The van der Waals surface area contributed by atoms with Crippen molar-refractivity contribution in [2.24, 2.45) is 0 Å². The largest absolute Gasteiger partial charge is 0.435 e. The number of alkyl halides is 3. The first-order valence-electron chi connectivity index (χ1n) is 9.18. The molecule has 2 atom stereocenters. The van der Waals surface area contributed by atoms with Gasteiger partial charge < -0.3 is 5.32 Å². The van der Waals surface area contributed by atoms with E-state index in [-0.39, 0.29) is 17.5 Å². The first kappa shape index (κ1) is 19.4. The molecule has 0 bridgehead atoms. The van der Waals surface area contributed by atoms with Crippen molar-refractivity contribution < 1.29 is 18.0 Å². The fraction of sp³-hybridized carbons (Fsp3) is 0.611. The van der Waals surface area contributed by atoms with Gasteiger partial charge in [-0.15, -0.1) is 0 Å². The van der Waals surface area contributed by atoms with E-state index in [1.807, 2.05) is 26.1 Å². The van der Waals surface area contributed by atoms with Crippen LogP contribution in [0.1, 0.15) is 55.4 Å². The lowest BCUT2D eigenvalue weighted by Crippen LogP contribution is -2.41. The van der Waals surface area contributed by atoms with Crippen LogP contribution in [0.5, 0.6) is 0 Å². The molecule has 0 saturated carbocycles. The Morgan fingerprint density at radius 2 is 2.07 bits per heavy atom. The molecule has 0 unspecified atom stereocenters. The zero-order valence-electron chi connectivity index (χ0n) is 15.7. The van der Waals surface area contributed by atoms with Crippen LogP contribution in [0.25, 0.3) is 0 Å². The molecule has 1 amide bonds. The van der Waals surface area contributed by atoms with Crippen molar-refractivity contribution in [2.45, 2.75) is 71.3 Å². The van der Waals surface area contributed by atoms with Crippen LogP contribution in [0.2, 0.25) is 0 Å². The minimum atomic E-state index is -4.50. The van der Waals surface area contributed by atoms with Gasteiger partial charge in [-0.2, -0.15) is 23.4 Å². The molecule has 0 fully saturated rings. The number of aryl methyl sites for hydroxylation is 1. The Hall–Kier alpha value is -2.32. The molecule has 2 aromatic heterocycles. The average molecular weight is 383 g/mol. The van der Waals surface area contributed by atoms with E-state index in [9.17, 15) is 18.0 Å². The number of nitrogens with one attached hydrogen (secondary N) is 1. The third kappa shape index (κ3) is 4.01. The van der Waals surface area contributed by atoms with Crippen molar-refractivity contribution in [3.63, 3.8) is 0 Å². The van der Waals surface area contributed by atoms with E-state index in [0.717, 1.165) is 5.69 Å². The maximum atomic E-state index is 13.3. The summed E-state index contributed by atoms with van der Waals surface area (Å²) in [5, 5.41) is 11.0. The molecule has 2 aromatic rings. The molecule has 0 radical (unpaired) electrons. The van der Waals surface area contributed by atoms with Crippen LogP contribution in [-0.4, -0.2) is 31.5 Å². The molecule has 148 valence electrons. The van der Waals surface area contributed by atoms with Gasteiger partial charge in [-0.3, -0.25) is 14.2 Å². The number of nitrogens with zero attached hydrogens (tertiary/aromatic N) is 4. The minimum Gasteiger partial charge on any atom is -0.350 e. The van der Waals surface area contributed by atoms with E-state index in [4.69, 9.17) is 0 Å². The SMILES string of the molecule is CC[C@H](C(=O)N[C@H](C)Cn1ccc(C)n1)n1nc(C(F)(F)F)c2c1CCC2. The van der Waals surface area contributed by atoms with Gasteiger partial charge in [-0.25, -0.2) is 0 Å². The molecule has 2 heterocycles. The molecule has 9 heteroatoms. The number of halogens is 3. The monoisotopic (exact) mass is 383 g/mol. The predicted octanol–water partition coefficient (Wildman–Crippen LogP) is 3.05. The fourth-order valence-corrected chi connectivity index (χ4v) is 3.65. The van der Waals surface area contributed by atoms with Crippen LogP contribution in [-0.2, 0) is 30.4 Å². The number of hydrogen-bond acceptors (Lipinski definition) is 3. The van der Waals surface area contributed by atoms with Crippen LogP contribution in [0.4, 0.5) is 13.2 Å². The maximum absolute atomic E-state index is 13.3. The number of fused-ring (bicyclic) bond motifs is 1. The second kappa shape index (κ2) is 7.36. The number of hydrogen-bond donors (Lipinski definition) is 1. The van der Waals surface area contributed by atoms with Crippen molar-refractivity contribution in [2.75, 3.05) is 0 Å². The van der Waals surface area contributed by atoms with Gasteiger partial charge in [0.2, 0.25) is 5.91 Å². The quantitative estimate of drug-likeness (QED) is 0.834. The first-order valence-corrected chi connectivity index (χ1v) is 9.18. The summed E-state index contributed by atoms with van der Waals surface area (Å²) in [7, 11) is 0. The van der Waals surface area contributed by atoms with Crippen molar-refractivity contribution >= 4 is 5.91 Å². The summed E-state index contributed by atoms with van der Waals surface area (Å²) >= 11 is 0. The van der Waals surface area contributed by atoms with Crippen LogP contribution >= 0.6 is 0 Å². The van der Waals surface area contributed by atoms with Gasteiger partial charge in [0.25, 0.3) is 0 Å². The van der Waals surface area contributed by atoms with Gasteiger partial charge in [0.05, 0.1) is 12.2 Å². The highest BCUT2D eigenvalue weighted by molar-refractivity contribution is 5.80. The minimum absolute atomic E-state index is 0.212. The zero-order chi connectivity index (χ0) is 19.8. The van der Waals surface area contributed by atoms with E-state index in [1.54, 1.807) is 11.6 Å². The van der Waals surface area contributed by atoms with Gasteiger partial charge in [0.1, 0.15) is 6.04 Å². The topological polar surface area (TPSA) is 64.7 Å². The van der Waals surface area contributed by atoms with Gasteiger partial charge in [-0.1, -0.05) is 6.92 Å². The summed E-state index contributed by atoms with van der Waals surface area (Å²) in [4.78, 5) is 12.8. The third-order valence-electron chi connectivity index (χ3n) is 4.84. The lowest BCUT2D eigenvalue weighted by Gasteiger charge is -2.21. The number of carbonyl (C=O) groups excluding carboxylic acids is 1. The molecular formula is C18H24F3N5O. The van der Waals surface area contributed by atoms with Gasteiger partial charge in [0, 0.05) is 23.5 Å². The Morgan fingerprint density at radius 3 is 2.67 bits per heavy atom. The Morgan fingerprint density at radius 1 is 1.33 bits per heavy atom. The molecule has 1 aliphatic carbocycles. The van der Waals surface area contributed by atoms with E-state index >= 15 is 0 Å². The number of carbonyl (C=O) groups is 1. The molecule has 1 N–H and O–H groups in total. The summed E-state index contributed by atoms with van der Waals surface area (Å²) in [6, 6.07) is 0.904. The highest BCUT2D eigenvalue weighted by atomic mass is 19.4. The van der Waals surface area contributed by atoms with Gasteiger partial charge >= 0.3 is 6.18 Å². The molecule has 0 aromatic carbocycles. The van der Waals surface area contributed by atoms with Crippen LogP contribution in [0.3, 0.4) is 0 Å². The van der Waals surface area contributed by atoms with E-state index in [2.05, 4.69) is 15.5 Å². The lowest BCUT2D eigenvalue weighted by molar-refractivity contribution is -0.142. The van der Waals surface area contributed by atoms with Gasteiger partial charge in [0.15, 0.2) is 5.69 Å². The summed E-state index contributed by atoms with van der Waals surface area (Å²) in [5.41, 5.74) is 0.821. The van der Waals surface area contributed by atoms with Crippen molar-refractivity contribution in [3.8, 4) is 0 Å². The molecule has 6 nitrogen and oxygen atoms in total. The van der Waals surface area contributed by atoms with E-state index < -0.39 is 17.9 Å². The smallest absolute Gasteiger partial charge is 0.350 e. The predicted molar refractivity (Wildman–Crippen MR) is 93.2 cm³/mol. The Bertz CT molecular complexity index is 824. The van der Waals surface area contributed by atoms with Crippen molar-refractivity contribution in [1.29, 1.82) is 0 Å². The normalized spacial score (nSPS) is 16.2. The second-order valence-corrected chi connectivity index (χ2v) is 7.08. The number of amides is 1. The lowest BCUT2D eigenvalue weighted by atomic mass is 10.1. The summed E-state index contributed by atoms with van der Waals surface area (Å²) in [6.07, 6.45) is -0.777. The molecule has 3 rings (SSSR count). The molecule has 1 aliphatic rings. The molecular weight excluding hydrogens is 359 g/mol. The third-order valence-corrected chi connectivity index (χ3v) is 4.84. The Balaban J connectivity index is 1.77. The second-order valence-electron chi connectivity index (χ2n) is 7.08. The Kier molecular flexibility index (Phi) is 5.30. The average Bonchev–Trinajstić information content (AvgIpc) is 3.25. The van der Waals surface area contributed by atoms with Crippen LogP contribution in [0, 0.1) is 6.92 Å². The van der Waals surface area contributed by atoms with E-state index in [0.29, 0.717) is 37.9 Å². The van der Waals surface area contributed by atoms with E-state index in [1.165, 1.54) is 4.68 Å². The highest BCUT2D eigenvalue weighted by Gasteiger charge is 2.41. The Labute approximate surface area is 155 Å². The fourth-order valence-electron chi connectivity index (χ4n) is 3.65. The van der Waals surface area contributed by atoms with Crippen molar-refractivity contribution in [1.82, 2.24) is 24.9 Å². The summed E-state index contributed by atoms with van der Waals surface area (Å²) in [6.45, 7) is 5.99. The maximum Gasteiger partial charge on any atom is 0.435 e. The molecule has 27 heavy (non-hydrogen) atoms. The standard InChI is InChI=1S/C18H24F3N5O/c1-4-14(17(27)22-12(3)10-25-9-8-11(2)23-25)26-15-7-5-6-13(15)16(24-26)18(19,20)21/h8-9,12,14H,4-7,10H2,1-3H3,(H,22,27)/t12-,14-/m1/s1. The van der Waals surface area contributed by atoms with Crippen LogP contribution < -0.4 is 5.32 Å². The number of rotatable bonds is 6. The molecule has 0 aliphatic heterocycles. The highest BCUT2D eigenvalue weighted by Crippen LogP contribution is 2.37. The molecule has 0 spiro atoms.